The van der Waals surface area contributed by atoms with Crippen molar-refractivity contribution in [3.63, 3.8) is 0 Å². The van der Waals surface area contributed by atoms with Gasteiger partial charge >= 0.3 is 0 Å². The summed E-state index contributed by atoms with van der Waals surface area (Å²) in [6, 6.07) is 77.6. The van der Waals surface area contributed by atoms with Gasteiger partial charge in [0.2, 0.25) is 0 Å². The maximum atomic E-state index is 6.28. The van der Waals surface area contributed by atoms with E-state index in [0.29, 0.717) is 0 Å². The molecule has 0 aliphatic heterocycles. The lowest BCUT2D eigenvalue weighted by atomic mass is 9.65. The molecule has 9 aromatic carbocycles. The van der Waals surface area contributed by atoms with Crippen molar-refractivity contribution in [3.8, 4) is 45.7 Å². The molecule has 0 amide bonds. The predicted octanol–water partition coefficient (Wildman–Crippen LogP) is 22.7. The molecule has 0 heteroatoms. The molecule has 6 aliphatic rings. The van der Waals surface area contributed by atoms with Crippen molar-refractivity contribution in [2.75, 3.05) is 0 Å². The number of allylic oxidation sites excluding steroid dienone is 12. The first-order valence-corrected chi connectivity index (χ1v) is 30.8. The van der Waals surface area contributed by atoms with Gasteiger partial charge in [-0.15, -0.1) is 6.42 Å². The van der Waals surface area contributed by atoms with E-state index in [1.165, 1.54) is 141 Å². The van der Waals surface area contributed by atoms with Crippen molar-refractivity contribution in [2.24, 2.45) is 0 Å². The van der Waals surface area contributed by atoms with Crippen LogP contribution in [0.2, 0.25) is 0 Å². The zero-order valence-electron chi connectivity index (χ0n) is 50.2. The summed E-state index contributed by atoms with van der Waals surface area (Å²) in [5.41, 5.74) is 30.4. The Morgan fingerprint density at radius 1 is 0.459 bits per heavy atom. The second kappa shape index (κ2) is 26.3. The minimum Gasteiger partial charge on any atom is -0.119 e. The van der Waals surface area contributed by atoms with Crippen LogP contribution in [0.3, 0.4) is 0 Å². The second-order valence-corrected chi connectivity index (χ2v) is 22.4. The van der Waals surface area contributed by atoms with Crippen LogP contribution in [0.1, 0.15) is 152 Å². The number of hydrogen-bond acceptors (Lipinski definition) is 0. The molecule has 0 heterocycles. The lowest BCUT2D eigenvalue weighted by Gasteiger charge is -2.36. The highest BCUT2D eigenvalue weighted by Gasteiger charge is 2.50. The Morgan fingerprint density at radius 2 is 1.07 bits per heavy atom. The molecule has 0 spiro atoms. The molecule has 0 nitrogen and oxygen atoms in total. The summed E-state index contributed by atoms with van der Waals surface area (Å²) >= 11 is 0. The summed E-state index contributed by atoms with van der Waals surface area (Å²) in [5.74, 6) is 3.24. The fraction of sp³-hybridized carbons (Fsp3) is 0.200. The molecule has 3 unspecified atom stereocenters. The summed E-state index contributed by atoms with van der Waals surface area (Å²) in [6.45, 7) is 14.6. The normalized spacial score (nSPS) is 17.7. The topological polar surface area (TPSA) is 0 Å². The Hall–Kier alpha value is -9.02. The van der Waals surface area contributed by atoms with Gasteiger partial charge in [0.15, 0.2) is 0 Å². The molecule has 0 N–H and O–H groups in total. The number of hydrogen-bond donors (Lipinski definition) is 0. The average molecular weight is 1100 g/mol. The minimum absolute atomic E-state index is 0. The molecule has 0 aromatic heterocycles. The molecule has 0 radical (unpaired) electrons. The molecule has 6 aliphatic carbocycles. The van der Waals surface area contributed by atoms with E-state index in [2.05, 4.69) is 288 Å². The first-order chi connectivity index (χ1) is 41.4. The van der Waals surface area contributed by atoms with Gasteiger partial charge in [0.25, 0.3) is 0 Å². The van der Waals surface area contributed by atoms with Gasteiger partial charge in [0.05, 0.1) is 10.8 Å². The van der Waals surface area contributed by atoms with Crippen LogP contribution in [0.15, 0.2) is 272 Å². The Morgan fingerprint density at radius 3 is 1.76 bits per heavy atom. The molecular formula is C85H82. The minimum atomic E-state index is -0.460. The first kappa shape index (κ1) is 59.2. The van der Waals surface area contributed by atoms with E-state index < -0.39 is 5.41 Å². The Bertz CT molecular complexity index is 4090. The van der Waals surface area contributed by atoms with Crippen LogP contribution in [0.5, 0.6) is 0 Å². The van der Waals surface area contributed by atoms with Crippen LogP contribution in [0.25, 0.3) is 44.5 Å². The second-order valence-electron chi connectivity index (χ2n) is 22.4. The predicted molar refractivity (Wildman–Crippen MR) is 367 cm³/mol. The number of benzene rings is 9. The van der Waals surface area contributed by atoms with E-state index in [0.717, 1.165) is 25.7 Å². The zero-order valence-corrected chi connectivity index (χ0v) is 50.2. The summed E-state index contributed by atoms with van der Waals surface area (Å²) in [5, 5.41) is 0. The van der Waals surface area contributed by atoms with Gasteiger partial charge in [-0.3, -0.25) is 0 Å². The molecule has 9 aromatic rings. The third kappa shape index (κ3) is 10.8. The van der Waals surface area contributed by atoms with Crippen LogP contribution >= 0.6 is 0 Å². The molecule has 0 bridgehead atoms. The molecule has 3 atom stereocenters. The molecule has 85 heavy (non-hydrogen) atoms. The molecule has 15 rings (SSSR count). The smallest absolute Gasteiger partial charge is 0.0793 e. The summed E-state index contributed by atoms with van der Waals surface area (Å²) < 4.78 is 0. The van der Waals surface area contributed by atoms with E-state index in [1.54, 1.807) is 0 Å². The van der Waals surface area contributed by atoms with Crippen LogP contribution in [0, 0.1) is 26.2 Å². The maximum absolute atomic E-state index is 6.28. The largest absolute Gasteiger partial charge is 0.119 e. The van der Waals surface area contributed by atoms with E-state index in [4.69, 9.17) is 6.42 Å². The monoisotopic (exact) mass is 1100 g/mol. The first-order valence-electron chi connectivity index (χ1n) is 30.8. The van der Waals surface area contributed by atoms with Crippen LogP contribution in [-0.2, 0) is 17.3 Å². The van der Waals surface area contributed by atoms with Crippen LogP contribution in [-0.4, -0.2) is 0 Å². The van der Waals surface area contributed by atoms with Crippen molar-refractivity contribution in [3.05, 3.63) is 344 Å². The Labute approximate surface area is 509 Å². The highest BCUT2D eigenvalue weighted by Crippen LogP contribution is 2.61. The SMILES string of the molecule is C.C#CC1(C)c2ccccc2-c2ccc(C(c3ccccc3)c3cc4c(c(-c5ccccc5)c3)-c3ccccc3C4)cc21.CC.CC.Cc1cccc2c1C(C1=CCCC=C1)(c1ccccc1)C1=CCC=C12.Cc1ccccc1C1=CCCC=C1. The van der Waals surface area contributed by atoms with E-state index in [-0.39, 0.29) is 18.8 Å². The quantitative estimate of drug-likeness (QED) is 0.110. The molecule has 422 valence electrons. The Balaban J connectivity index is 0.000000157. The molecule has 0 saturated heterocycles. The summed E-state index contributed by atoms with van der Waals surface area (Å²) in [4.78, 5) is 0. The van der Waals surface area contributed by atoms with Crippen LogP contribution in [0.4, 0.5) is 0 Å². The summed E-state index contributed by atoms with van der Waals surface area (Å²) in [7, 11) is 0. The van der Waals surface area contributed by atoms with Gasteiger partial charge in [0.1, 0.15) is 0 Å². The van der Waals surface area contributed by atoms with E-state index >= 15 is 0 Å². The van der Waals surface area contributed by atoms with Gasteiger partial charge in [-0.1, -0.05) is 296 Å². The lowest BCUT2D eigenvalue weighted by Crippen LogP contribution is -2.30. The lowest BCUT2D eigenvalue weighted by molar-refractivity contribution is 0.745. The Kier molecular flexibility index (Phi) is 18.3. The van der Waals surface area contributed by atoms with Crippen molar-refractivity contribution in [1.82, 2.24) is 0 Å². The van der Waals surface area contributed by atoms with Crippen molar-refractivity contribution < 1.29 is 0 Å². The van der Waals surface area contributed by atoms with Crippen LogP contribution < -0.4 is 0 Å². The maximum Gasteiger partial charge on any atom is 0.0793 e. The number of rotatable bonds is 7. The zero-order chi connectivity index (χ0) is 58.2. The number of fused-ring (bicyclic) bond motifs is 9. The highest BCUT2D eigenvalue weighted by molar-refractivity contribution is 5.97. The van der Waals surface area contributed by atoms with Gasteiger partial charge in [-0.05, 0) is 193 Å². The van der Waals surface area contributed by atoms with Gasteiger partial charge < -0.3 is 0 Å². The fourth-order valence-corrected chi connectivity index (χ4v) is 14.1. The van der Waals surface area contributed by atoms with E-state index in [1.807, 2.05) is 27.7 Å². The third-order valence-electron chi connectivity index (χ3n) is 17.8. The number of aryl methyl sites for hydroxylation is 2. The van der Waals surface area contributed by atoms with Gasteiger partial charge in [-0.25, -0.2) is 0 Å². The standard InChI is InChI=1S/C42H30.C25H22.C13H14.2C2H6.CH4/c1-3-42(2)38-21-13-12-20-35(38)36-23-22-31(27-39(36)42)40(29-16-8-5-9-17-29)33-25-32-24-30-18-10-11-19-34(30)41(32)37(26-33)28-14-6-4-7-15-28;1-18-10-8-16-22-21-15-9-17-23(21)25(24(18)22,19-11-4-2-5-12-19)20-13-6-3-7-14-20;1-11-7-5-6-10-13(11)12-8-3-2-4-9-12;2*1-2;/h1,4-23,25-27,40H,24H2,2H3;2,4-6,8,10-17H,3,7,9H2,1H3;3,5-10H,2,4H2,1H3;2*1-2H3;1H4. The van der Waals surface area contributed by atoms with E-state index in [9.17, 15) is 0 Å². The van der Waals surface area contributed by atoms with Gasteiger partial charge in [-0.2, -0.15) is 0 Å². The fourth-order valence-electron chi connectivity index (χ4n) is 14.1. The third-order valence-corrected chi connectivity index (χ3v) is 17.8. The highest BCUT2D eigenvalue weighted by atomic mass is 14.5. The molecule has 0 fully saturated rings. The van der Waals surface area contributed by atoms with Crippen molar-refractivity contribution in [1.29, 1.82) is 0 Å². The number of terminal acetylenes is 1. The summed E-state index contributed by atoms with van der Waals surface area (Å²) in [6.07, 6.45) is 31.8. The average Bonchev–Trinajstić information content (AvgIpc) is 1.63. The van der Waals surface area contributed by atoms with Gasteiger partial charge in [0, 0.05) is 5.92 Å². The van der Waals surface area contributed by atoms with Crippen molar-refractivity contribution in [2.45, 2.75) is 111 Å². The molecule has 0 saturated carbocycles. The molecular weight excluding hydrogens is 1020 g/mol. The van der Waals surface area contributed by atoms with Crippen molar-refractivity contribution >= 4 is 11.1 Å².